The highest BCUT2D eigenvalue weighted by Crippen LogP contribution is 2.29. The van der Waals surface area contributed by atoms with Crippen LogP contribution >= 0.6 is 11.6 Å². The number of nitrogens with zero attached hydrogens (tertiary/aromatic N) is 2. The zero-order valence-corrected chi connectivity index (χ0v) is 12.1. The van der Waals surface area contributed by atoms with Crippen molar-refractivity contribution in [1.82, 2.24) is 9.55 Å². The lowest BCUT2D eigenvalue weighted by Crippen LogP contribution is -2.14. The molecule has 1 atom stereocenters. The molecule has 0 amide bonds. The van der Waals surface area contributed by atoms with Gasteiger partial charge in [-0.05, 0) is 6.92 Å². The van der Waals surface area contributed by atoms with Gasteiger partial charge < -0.3 is 14.0 Å². The van der Waals surface area contributed by atoms with E-state index in [-0.39, 0.29) is 12.3 Å². The lowest BCUT2D eigenvalue weighted by molar-refractivity contribution is -0.141. The topological polar surface area (TPSA) is 53.4 Å². The van der Waals surface area contributed by atoms with E-state index >= 15 is 0 Å². The molecule has 2 aromatic rings. The maximum absolute atomic E-state index is 13.7. The maximum Gasteiger partial charge on any atom is 0.325 e. The highest BCUT2D eigenvalue weighted by molar-refractivity contribution is 6.20. The molecule has 0 spiro atoms. The Kier molecular flexibility index (Phi) is 4.13. The first kappa shape index (κ1) is 14.6. The molecular weight excluding hydrogens is 287 g/mol. The van der Waals surface area contributed by atoms with Crippen LogP contribution in [0.15, 0.2) is 12.1 Å². The number of carbonyl (C=O) groups excluding carboxylic acids is 1. The Morgan fingerprint density at radius 3 is 2.75 bits per heavy atom. The van der Waals surface area contributed by atoms with Crippen LogP contribution in [0.4, 0.5) is 4.39 Å². The first-order chi connectivity index (χ1) is 9.47. The molecule has 0 N–H and O–H groups in total. The van der Waals surface area contributed by atoms with Gasteiger partial charge >= 0.3 is 5.97 Å². The summed E-state index contributed by atoms with van der Waals surface area (Å²) in [5, 5.41) is -0.430. The van der Waals surface area contributed by atoms with Gasteiger partial charge in [-0.25, -0.2) is 9.37 Å². The number of hydrogen-bond acceptors (Lipinski definition) is 4. The van der Waals surface area contributed by atoms with Gasteiger partial charge in [0.15, 0.2) is 11.6 Å². The number of esters is 1. The van der Waals surface area contributed by atoms with Crippen molar-refractivity contribution < 1.29 is 18.7 Å². The second-order valence-electron chi connectivity index (χ2n) is 4.22. The van der Waals surface area contributed by atoms with Crippen molar-refractivity contribution in [2.75, 3.05) is 14.2 Å². The number of aromatic nitrogens is 2. The summed E-state index contributed by atoms with van der Waals surface area (Å²) in [6.07, 6.45) is 0. The number of methoxy groups -OCH3 is 2. The molecule has 0 aliphatic heterocycles. The number of fused-ring (bicyclic) bond motifs is 1. The van der Waals surface area contributed by atoms with E-state index in [1.165, 1.54) is 26.4 Å². The summed E-state index contributed by atoms with van der Waals surface area (Å²) in [5.41, 5.74) is 0.978. The fourth-order valence-corrected chi connectivity index (χ4v) is 2.13. The molecule has 1 aromatic carbocycles. The molecule has 0 aliphatic carbocycles. The smallest absolute Gasteiger partial charge is 0.325 e. The van der Waals surface area contributed by atoms with E-state index in [0.29, 0.717) is 16.9 Å². The maximum atomic E-state index is 13.7. The summed E-state index contributed by atoms with van der Waals surface area (Å²) >= 11 is 6.06. The highest BCUT2D eigenvalue weighted by atomic mass is 35.5. The fourth-order valence-electron chi connectivity index (χ4n) is 1.97. The molecule has 1 aromatic heterocycles. The van der Waals surface area contributed by atoms with Crippen molar-refractivity contribution in [1.29, 1.82) is 0 Å². The van der Waals surface area contributed by atoms with Crippen LogP contribution < -0.4 is 4.74 Å². The quantitative estimate of drug-likeness (QED) is 0.643. The first-order valence-corrected chi connectivity index (χ1v) is 6.36. The van der Waals surface area contributed by atoms with E-state index in [1.807, 2.05) is 0 Å². The Balaban J connectivity index is 2.66. The Morgan fingerprint density at radius 2 is 2.20 bits per heavy atom. The van der Waals surface area contributed by atoms with E-state index in [0.717, 1.165) is 0 Å². The third-order valence-electron chi connectivity index (χ3n) is 2.92. The standard InChI is InChI=1S/C13H14ClFN2O3/c1-7(14)13-16-9-4-8(15)11(19-2)5-10(9)17(13)6-12(18)20-3/h4-5,7H,6H2,1-3H3. The summed E-state index contributed by atoms with van der Waals surface area (Å²) in [4.78, 5) is 15.8. The number of benzene rings is 1. The van der Waals surface area contributed by atoms with Crippen LogP contribution in [-0.2, 0) is 16.1 Å². The van der Waals surface area contributed by atoms with E-state index in [9.17, 15) is 9.18 Å². The van der Waals surface area contributed by atoms with Crippen molar-refractivity contribution in [3.05, 3.63) is 23.8 Å². The van der Waals surface area contributed by atoms with E-state index in [1.54, 1.807) is 11.5 Å². The minimum atomic E-state index is -0.517. The van der Waals surface area contributed by atoms with E-state index in [2.05, 4.69) is 9.72 Å². The number of ether oxygens (including phenoxy) is 2. The molecule has 0 saturated heterocycles. The zero-order valence-electron chi connectivity index (χ0n) is 11.3. The molecule has 5 nitrogen and oxygen atoms in total. The number of halogens is 2. The van der Waals surface area contributed by atoms with Crippen molar-refractivity contribution in [2.24, 2.45) is 0 Å². The predicted octanol–water partition coefficient (Wildman–Crippen LogP) is 2.66. The minimum Gasteiger partial charge on any atom is -0.494 e. The third-order valence-corrected chi connectivity index (χ3v) is 3.12. The number of hydrogen-bond donors (Lipinski definition) is 0. The Morgan fingerprint density at radius 1 is 1.50 bits per heavy atom. The molecule has 20 heavy (non-hydrogen) atoms. The molecule has 7 heteroatoms. The van der Waals surface area contributed by atoms with Crippen molar-refractivity contribution in [2.45, 2.75) is 18.8 Å². The predicted molar refractivity (Wildman–Crippen MR) is 72.5 cm³/mol. The lowest BCUT2D eigenvalue weighted by Gasteiger charge is -2.09. The van der Waals surface area contributed by atoms with Gasteiger partial charge in [0, 0.05) is 12.1 Å². The Bertz CT molecular complexity index is 655. The molecule has 108 valence electrons. The minimum absolute atomic E-state index is 0.0474. The average molecular weight is 301 g/mol. The molecular formula is C13H14ClFN2O3. The zero-order chi connectivity index (χ0) is 14.9. The molecule has 1 heterocycles. The molecule has 0 radical (unpaired) electrons. The summed E-state index contributed by atoms with van der Waals surface area (Å²) in [6.45, 7) is 1.68. The van der Waals surface area contributed by atoms with Gasteiger partial charge in [-0.3, -0.25) is 4.79 Å². The molecule has 2 rings (SSSR count). The van der Waals surface area contributed by atoms with Gasteiger partial charge in [0.2, 0.25) is 0 Å². The number of carbonyl (C=O) groups is 1. The van der Waals surface area contributed by atoms with Crippen LogP contribution in [0, 0.1) is 5.82 Å². The highest BCUT2D eigenvalue weighted by Gasteiger charge is 2.19. The second-order valence-corrected chi connectivity index (χ2v) is 4.88. The molecule has 0 aliphatic rings. The van der Waals surface area contributed by atoms with Crippen molar-refractivity contribution >= 4 is 28.6 Å². The van der Waals surface area contributed by atoms with Gasteiger partial charge in [0.05, 0.1) is 30.6 Å². The van der Waals surface area contributed by atoms with Crippen molar-refractivity contribution in [3.8, 4) is 5.75 Å². The first-order valence-electron chi connectivity index (χ1n) is 5.92. The summed E-state index contributed by atoms with van der Waals surface area (Å²) in [5.74, 6) is -0.403. The molecule has 0 saturated carbocycles. The van der Waals surface area contributed by atoms with Crippen LogP contribution in [0.2, 0.25) is 0 Å². The molecule has 1 unspecified atom stereocenters. The van der Waals surface area contributed by atoms with Gasteiger partial charge in [-0.15, -0.1) is 11.6 Å². The summed E-state index contributed by atoms with van der Waals surface area (Å²) in [6, 6.07) is 2.74. The van der Waals surface area contributed by atoms with Gasteiger partial charge in [-0.2, -0.15) is 0 Å². The fraction of sp³-hybridized carbons (Fsp3) is 0.385. The van der Waals surface area contributed by atoms with Gasteiger partial charge in [0.25, 0.3) is 0 Å². The number of rotatable bonds is 4. The van der Waals surface area contributed by atoms with Crippen LogP contribution in [-0.4, -0.2) is 29.7 Å². The van der Waals surface area contributed by atoms with E-state index < -0.39 is 17.2 Å². The second kappa shape index (κ2) is 5.66. The monoisotopic (exact) mass is 300 g/mol. The van der Waals surface area contributed by atoms with Gasteiger partial charge in [-0.1, -0.05) is 0 Å². The normalized spacial score (nSPS) is 12.4. The number of alkyl halides is 1. The van der Waals surface area contributed by atoms with Crippen LogP contribution in [0.1, 0.15) is 18.1 Å². The van der Waals surface area contributed by atoms with Crippen LogP contribution in [0.5, 0.6) is 5.75 Å². The van der Waals surface area contributed by atoms with Crippen LogP contribution in [0.25, 0.3) is 11.0 Å². The van der Waals surface area contributed by atoms with Gasteiger partial charge in [0.1, 0.15) is 12.4 Å². The average Bonchev–Trinajstić information content (AvgIpc) is 2.75. The lowest BCUT2D eigenvalue weighted by atomic mass is 10.3. The molecule has 0 bridgehead atoms. The van der Waals surface area contributed by atoms with Crippen molar-refractivity contribution in [3.63, 3.8) is 0 Å². The Hall–Kier alpha value is -1.82. The summed E-state index contributed by atoms with van der Waals surface area (Å²) in [7, 11) is 2.67. The third kappa shape index (κ3) is 2.56. The molecule has 0 fully saturated rings. The van der Waals surface area contributed by atoms with Crippen LogP contribution in [0.3, 0.4) is 0 Å². The SMILES string of the molecule is COC(=O)Cn1c(C(C)Cl)nc2cc(F)c(OC)cc21. The Labute approximate surface area is 120 Å². The summed E-state index contributed by atoms with van der Waals surface area (Å²) < 4.78 is 24.9. The van der Waals surface area contributed by atoms with E-state index in [4.69, 9.17) is 16.3 Å². The largest absolute Gasteiger partial charge is 0.494 e. The number of imidazole rings is 1.